The number of non-ortho nitro benzene ring substituents is 1. The summed E-state index contributed by atoms with van der Waals surface area (Å²) in [4.78, 5) is 14.1. The van der Waals surface area contributed by atoms with E-state index in [-0.39, 0.29) is 28.1 Å². The molecule has 0 bridgehead atoms. The molecule has 1 N–H and O–H groups in total. The molecular formula is C14H8F3N3O3. The molecule has 118 valence electrons. The molecule has 0 saturated carbocycles. The molecule has 3 aromatic rings. The van der Waals surface area contributed by atoms with Crippen molar-refractivity contribution < 1.29 is 23.3 Å². The van der Waals surface area contributed by atoms with Crippen molar-refractivity contribution >= 4 is 16.7 Å². The van der Waals surface area contributed by atoms with Crippen LogP contribution in [0.25, 0.3) is 22.4 Å². The Morgan fingerprint density at radius 3 is 2.57 bits per heavy atom. The van der Waals surface area contributed by atoms with Crippen LogP contribution in [0, 0.1) is 10.1 Å². The van der Waals surface area contributed by atoms with Gasteiger partial charge in [0.05, 0.1) is 16.0 Å². The first-order valence-electron chi connectivity index (χ1n) is 6.31. The number of nitro benzene ring substituents is 1. The summed E-state index contributed by atoms with van der Waals surface area (Å²) in [5, 5.41) is 20.9. The Hall–Kier alpha value is -3.10. The van der Waals surface area contributed by atoms with Crippen LogP contribution in [-0.4, -0.2) is 19.8 Å². The van der Waals surface area contributed by atoms with Gasteiger partial charge in [0.25, 0.3) is 5.69 Å². The Morgan fingerprint density at radius 2 is 1.91 bits per heavy atom. The van der Waals surface area contributed by atoms with E-state index in [1.165, 1.54) is 24.3 Å². The van der Waals surface area contributed by atoms with E-state index >= 15 is 0 Å². The fraction of sp³-hybridized carbons (Fsp3) is 0.0714. The van der Waals surface area contributed by atoms with Crippen LogP contribution >= 0.6 is 0 Å². The Morgan fingerprint density at radius 1 is 1.17 bits per heavy atom. The normalized spacial score (nSPS) is 11.8. The zero-order chi connectivity index (χ0) is 16.8. The van der Waals surface area contributed by atoms with Gasteiger partial charge in [0.1, 0.15) is 5.52 Å². The maximum absolute atomic E-state index is 12.8. The number of hydrogen-bond acceptors (Lipinski definition) is 4. The van der Waals surface area contributed by atoms with Crippen LogP contribution < -0.4 is 0 Å². The van der Waals surface area contributed by atoms with E-state index in [4.69, 9.17) is 0 Å². The van der Waals surface area contributed by atoms with Crippen molar-refractivity contribution in [2.45, 2.75) is 6.18 Å². The Kier molecular flexibility index (Phi) is 3.20. The molecule has 0 amide bonds. The molecular weight excluding hydrogens is 315 g/mol. The third-order valence-electron chi connectivity index (χ3n) is 3.27. The Balaban J connectivity index is 2.17. The summed E-state index contributed by atoms with van der Waals surface area (Å²) in [5.41, 5.74) is -0.838. The molecule has 9 heteroatoms. The fourth-order valence-corrected chi connectivity index (χ4v) is 2.19. The molecule has 0 radical (unpaired) electrons. The molecule has 23 heavy (non-hydrogen) atoms. The molecule has 0 atom stereocenters. The Bertz CT molecular complexity index is 919. The highest BCUT2D eigenvalue weighted by molar-refractivity contribution is 5.82. The standard InChI is InChI=1S/C14H8F3N3O3/c15-14(16,17)9-3-1-2-8(6-9)13-18-11-5-4-10(20(22)23)7-12(11)19(13)21/h1-7,21H. The topological polar surface area (TPSA) is 81.2 Å². The molecule has 0 unspecified atom stereocenters. The van der Waals surface area contributed by atoms with Crippen LogP contribution in [-0.2, 0) is 6.18 Å². The highest BCUT2D eigenvalue weighted by Gasteiger charge is 2.31. The number of hydrogen-bond donors (Lipinski definition) is 1. The summed E-state index contributed by atoms with van der Waals surface area (Å²) in [6.45, 7) is 0. The van der Waals surface area contributed by atoms with E-state index in [2.05, 4.69) is 4.98 Å². The lowest BCUT2D eigenvalue weighted by atomic mass is 10.1. The summed E-state index contributed by atoms with van der Waals surface area (Å²) in [6.07, 6.45) is -4.53. The summed E-state index contributed by atoms with van der Waals surface area (Å²) in [5.74, 6) is -0.133. The molecule has 1 aromatic heterocycles. The lowest BCUT2D eigenvalue weighted by Crippen LogP contribution is -2.05. The number of aromatic nitrogens is 2. The van der Waals surface area contributed by atoms with Crippen molar-refractivity contribution in [3.63, 3.8) is 0 Å². The van der Waals surface area contributed by atoms with E-state index in [0.29, 0.717) is 4.73 Å². The highest BCUT2D eigenvalue weighted by atomic mass is 19.4. The summed E-state index contributed by atoms with van der Waals surface area (Å²) in [6, 6.07) is 7.92. The van der Waals surface area contributed by atoms with Gasteiger partial charge < -0.3 is 5.21 Å². The molecule has 0 fully saturated rings. The molecule has 6 nitrogen and oxygen atoms in total. The van der Waals surface area contributed by atoms with Gasteiger partial charge in [0.2, 0.25) is 0 Å². The van der Waals surface area contributed by atoms with Gasteiger partial charge in [-0.3, -0.25) is 10.1 Å². The summed E-state index contributed by atoms with van der Waals surface area (Å²) < 4.78 is 38.8. The molecule has 0 aliphatic carbocycles. The first kappa shape index (κ1) is 14.8. The number of imidazole rings is 1. The number of rotatable bonds is 2. The minimum absolute atomic E-state index is 0.0339. The molecule has 0 aliphatic heterocycles. The van der Waals surface area contributed by atoms with E-state index in [0.717, 1.165) is 18.2 Å². The van der Waals surface area contributed by atoms with Crippen molar-refractivity contribution in [3.8, 4) is 11.4 Å². The average Bonchev–Trinajstić information content (AvgIpc) is 2.83. The van der Waals surface area contributed by atoms with Crippen LogP contribution in [0.15, 0.2) is 42.5 Å². The van der Waals surface area contributed by atoms with Crippen LogP contribution in [0.4, 0.5) is 18.9 Å². The summed E-state index contributed by atoms with van der Waals surface area (Å²) in [7, 11) is 0. The van der Waals surface area contributed by atoms with Crippen molar-refractivity contribution in [2.75, 3.05) is 0 Å². The van der Waals surface area contributed by atoms with Crippen molar-refractivity contribution in [2.24, 2.45) is 0 Å². The molecule has 0 saturated heterocycles. The monoisotopic (exact) mass is 323 g/mol. The maximum Gasteiger partial charge on any atom is 0.416 e. The fourth-order valence-electron chi connectivity index (χ4n) is 2.19. The largest absolute Gasteiger partial charge is 0.426 e. The number of benzene rings is 2. The number of halogens is 3. The van der Waals surface area contributed by atoms with Gasteiger partial charge in [-0.05, 0) is 18.2 Å². The quantitative estimate of drug-likeness (QED) is 0.441. The predicted octanol–water partition coefficient (Wildman–Crippen LogP) is 3.87. The predicted molar refractivity (Wildman–Crippen MR) is 74.0 cm³/mol. The van der Waals surface area contributed by atoms with E-state index in [1.54, 1.807) is 0 Å². The second-order valence-corrected chi connectivity index (χ2v) is 4.76. The smallest absolute Gasteiger partial charge is 0.416 e. The number of nitrogens with zero attached hydrogens (tertiary/aromatic N) is 3. The van der Waals surface area contributed by atoms with Gasteiger partial charge in [-0.15, -0.1) is 0 Å². The van der Waals surface area contributed by atoms with Gasteiger partial charge in [0, 0.05) is 17.7 Å². The van der Waals surface area contributed by atoms with Gasteiger partial charge in [-0.1, -0.05) is 12.1 Å². The van der Waals surface area contributed by atoms with Gasteiger partial charge >= 0.3 is 6.18 Å². The average molecular weight is 323 g/mol. The third kappa shape index (κ3) is 2.56. The molecule has 1 heterocycles. The molecule has 0 aliphatic rings. The zero-order valence-corrected chi connectivity index (χ0v) is 11.3. The van der Waals surface area contributed by atoms with Gasteiger partial charge in [-0.25, -0.2) is 4.98 Å². The van der Waals surface area contributed by atoms with Crippen molar-refractivity contribution in [1.29, 1.82) is 0 Å². The lowest BCUT2D eigenvalue weighted by molar-refractivity contribution is -0.384. The first-order chi connectivity index (χ1) is 10.8. The van der Waals surface area contributed by atoms with Crippen LogP contribution in [0.5, 0.6) is 0 Å². The van der Waals surface area contributed by atoms with E-state index in [9.17, 15) is 28.5 Å². The molecule has 2 aromatic carbocycles. The number of fused-ring (bicyclic) bond motifs is 1. The van der Waals surface area contributed by atoms with Crippen LogP contribution in [0.2, 0.25) is 0 Å². The second kappa shape index (κ2) is 4.97. The van der Waals surface area contributed by atoms with E-state index < -0.39 is 16.7 Å². The van der Waals surface area contributed by atoms with Crippen LogP contribution in [0.3, 0.4) is 0 Å². The third-order valence-corrected chi connectivity index (χ3v) is 3.27. The first-order valence-corrected chi connectivity index (χ1v) is 6.31. The highest BCUT2D eigenvalue weighted by Crippen LogP contribution is 2.33. The number of nitro groups is 1. The van der Waals surface area contributed by atoms with Crippen LogP contribution in [0.1, 0.15) is 5.56 Å². The Labute approximate surface area is 126 Å². The minimum Gasteiger partial charge on any atom is -0.426 e. The second-order valence-electron chi connectivity index (χ2n) is 4.76. The lowest BCUT2D eigenvalue weighted by Gasteiger charge is -2.08. The zero-order valence-electron chi connectivity index (χ0n) is 11.3. The van der Waals surface area contributed by atoms with Crippen molar-refractivity contribution in [3.05, 3.63) is 58.1 Å². The van der Waals surface area contributed by atoms with Gasteiger partial charge in [0.15, 0.2) is 5.82 Å². The van der Waals surface area contributed by atoms with Crippen molar-refractivity contribution in [1.82, 2.24) is 9.71 Å². The molecule has 3 rings (SSSR count). The maximum atomic E-state index is 12.8. The summed E-state index contributed by atoms with van der Waals surface area (Å²) >= 11 is 0. The molecule has 0 spiro atoms. The van der Waals surface area contributed by atoms with Gasteiger partial charge in [-0.2, -0.15) is 17.9 Å². The SMILES string of the molecule is O=[N+]([O-])c1ccc2nc(-c3cccc(C(F)(F)F)c3)n(O)c2c1. The number of alkyl halides is 3. The minimum atomic E-state index is -4.53. The van der Waals surface area contributed by atoms with E-state index in [1.807, 2.05) is 0 Å².